The van der Waals surface area contributed by atoms with Crippen LogP contribution in [0.2, 0.25) is 0 Å². The molecule has 0 aliphatic heterocycles. The SMILES string of the molecule is Cc1ccc(NC(=O)[C@@H](C)Sc2nnc(-c3ccccc3C)n2N)cc1. The Balaban J connectivity index is 1.71. The summed E-state index contributed by atoms with van der Waals surface area (Å²) in [7, 11) is 0. The molecule has 1 atom stereocenters. The highest BCUT2D eigenvalue weighted by atomic mass is 32.2. The van der Waals surface area contributed by atoms with Gasteiger partial charge >= 0.3 is 0 Å². The fraction of sp³-hybridized carbons (Fsp3) is 0.211. The van der Waals surface area contributed by atoms with Gasteiger partial charge in [0.1, 0.15) is 0 Å². The number of nitrogens with zero attached hydrogens (tertiary/aromatic N) is 3. The van der Waals surface area contributed by atoms with E-state index in [1.807, 2.05) is 69.3 Å². The maximum atomic E-state index is 12.4. The van der Waals surface area contributed by atoms with Gasteiger partial charge in [-0.1, -0.05) is 53.7 Å². The Bertz CT molecular complexity index is 920. The molecule has 0 radical (unpaired) electrons. The van der Waals surface area contributed by atoms with Crippen molar-refractivity contribution in [3.05, 3.63) is 59.7 Å². The molecule has 7 heteroatoms. The van der Waals surface area contributed by atoms with Crippen LogP contribution in [0.4, 0.5) is 5.69 Å². The van der Waals surface area contributed by atoms with Gasteiger partial charge in [-0.2, -0.15) is 0 Å². The molecular formula is C19H21N5OS. The number of thioether (sulfide) groups is 1. The summed E-state index contributed by atoms with van der Waals surface area (Å²) in [5.74, 6) is 6.63. The number of nitrogens with one attached hydrogen (secondary N) is 1. The Hall–Kier alpha value is -2.80. The molecule has 1 amide bonds. The molecule has 0 unspecified atom stereocenters. The van der Waals surface area contributed by atoms with E-state index in [-0.39, 0.29) is 11.2 Å². The van der Waals surface area contributed by atoms with E-state index in [0.717, 1.165) is 22.4 Å². The molecule has 1 heterocycles. The molecule has 0 aliphatic rings. The summed E-state index contributed by atoms with van der Waals surface area (Å²) < 4.78 is 1.43. The van der Waals surface area contributed by atoms with Crippen LogP contribution in [0.15, 0.2) is 53.7 Å². The van der Waals surface area contributed by atoms with E-state index in [0.29, 0.717) is 11.0 Å². The van der Waals surface area contributed by atoms with Crippen molar-refractivity contribution in [2.75, 3.05) is 11.2 Å². The quantitative estimate of drug-likeness (QED) is 0.533. The molecule has 3 aromatic rings. The summed E-state index contributed by atoms with van der Waals surface area (Å²) in [5.41, 5.74) is 3.90. The van der Waals surface area contributed by atoms with Crippen molar-refractivity contribution in [1.29, 1.82) is 0 Å². The minimum atomic E-state index is -0.368. The summed E-state index contributed by atoms with van der Waals surface area (Å²) in [6.45, 7) is 5.81. The summed E-state index contributed by atoms with van der Waals surface area (Å²) in [6.07, 6.45) is 0. The highest BCUT2D eigenvalue weighted by Gasteiger charge is 2.20. The number of aryl methyl sites for hydroxylation is 2. The summed E-state index contributed by atoms with van der Waals surface area (Å²) in [5, 5.41) is 11.4. The third-order valence-corrected chi connectivity index (χ3v) is 5.08. The Morgan fingerprint density at radius 2 is 1.81 bits per heavy atom. The van der Waals surface area contributed by atoms with E-state index in [2.05, 4.69) is 15.5 Å². The zero-order chi connectivity index (χ0) is 18.7. The van der Waals surface area contributed by atoms with Crippen LogP contribution in [-0.4, -0.2) is 26.0 Å². The number of anilines is 1. The molecule has 0 aliphatic carbocycles. The zero-order valence-corrected chi connectivity index (χ0v) is 15.7. The zero-order valence-electron chi connectivity index (χ0n) is 14.9. The largest absolute Gasteiger partial charge is 0.335 e. The first-order valence-electron chi connectivity index (χ1n) is 8.26. The van der Waals surface area contributed by atoms with Gasteiger partial charge in [0.05, 0.1) is 5.25 Å². The second-order valence-corrected chi connectivity index (χ2v) is 7.41. The molecule has 134 valence electrons. The van der Waals surface area contributed by atoms with Gasteiger partial charge in [0.2, 0.25) is 11.1 Å². The Morgan fingerprint density at radius 3 is 2.50 bits per heavy atom. The van der Waals surface area contributed by atoms with Crippen LogP contribution in [0.5, 0.6) is 0 Å². The van der Waals surface area contributed by atoms with Gasteiger partial charge in [0.15, 0.2) is 5.82 Å². The molecule has 26 heavy (non-hydrogen) atoms. The van der Waals surface area contributed by atoms with E-state index in [9.17, 15) is 4.79 Å². The average molecular weight is 367 g/mol. The monoisotopic (exact) mass is 367 g/mol. The predicted molar refractivity (Wildman–Crippen MR) is 105 cm³/mol. The van der Waals surface area contributed by atoms with Gasteiger partial charge in [0.25, 0.3) is 0 Å². The summed E-state index contributed by atoms with van der Waals surface area (Å²) >= 11 is 1.27. The van der Waals surface area contributed by atoms with E-state index in [4.69, 9.17) is 5.84 Å². The smallest absolute Gasteiger partial charge is 0.237 e. The van der Waals surface area contributed by atoms with Crippen LogP contribution in [0.3, 0.4) is 0 Å². The third-order valence-electron chi connectivity index (χ3n) is 4.02. The fourth-order valence-electron chi connectivity index (χ4n) is 2.46. The first kappa shape index (κ1) is 18.0. The van der Waals surface area contributed by atoms with Gasteiger partial charge < -0.3 is 11.2 Å². The highest BCUT2D eigenvalue weighted by Crippen LogP contribution is 2.27. The van der Waals surface area contributed by atoms with Gasteiger partial charge in [-0.05, 0) is 38.5 Å². The van der Waals surface area contributed by atoms with Crippen molar-refractivity contribution >= 4 is 23.4 Å². The normalized spacial score (nSPS) is 12.0. The molecule has 3 N–H and O–H groups in total. The maximum absolute atomic E-state index is 12.4. The van der Waals surface area contributed by atoms with Crippen molar-refractivity contribution in [3.63, 3.8) is 0 Å². The second-order valence-electron chi connectivity index (χ2n) is 6.11. The van der Waals surface area contributed by atoms with Crippen LogP contribution < -0.4 is 11.2 Å². The van der Waals surface area contributed by atoms with Gasteiger partial charge in [-0.25, -0.2) is 4.68 Å². The molecule has 0 saturated carbocycles. The van der Waals surface area contributed by atoms with Crippen LogP contribution in [0.25, 0.3) is 11.4 Å². The molecule has 3 rings (SSSR count). The first-order valence-corrected chi connectivity index (χ1v) is 9.14. The fourth-order valence-corrected chi connectivity index (χ4v) is 3.23. The number of hydrogen-bond donors (Lipinski definition) is 2. The molecule has 0 spiro atoms. The molecule has 2 aromatic carbocycles. The molecule has 0 saturated heterocycles. The number of carbonyl (C=O) groups excluding carboxylic acids is 1. The minimum absolute atomic E-state index is 0.112. The van der Waals surface area contributed by atoms with Crippen molar-refractivity contribution < 1.29 is 4.79 Å². The Labute approximate surface area is 156 Å². The van der Waals surface area contributed by atoms with Gasteiger partial charge in [-0.15, -0.1) is 10.2 Å². The lowest BCUT2D eigenvalue weighted by molar-refractivity contribution is -0.115. The number of nitrogens with two attached hydrogens (primary N) is 1. The van der Waals surface area contributed by atoms with Crippen LogP contribution in [0, 0.1) is 13.8 Å². The lowest BCUT2D eigenvalue weighted by Gasteiger charge is -2.12. The molecule has 0 bridgehead atoms. The number of rotatable bonds is 5. The Morgan fingerprint density at radius 1 is 1.12 bits per heavy atom. The van der Waals surface area contributed by atoms with E-state index >= 15 is 0 Å². The number of benzene rings is 2. The van der Waals surface area contributed by atoms with Crippen molar-refractivity contribution in [3.8, 4) is 11.4 Å². The maximum Gasteiger partial charge on any atom is 0.237 e. The standard InChI is InChI=1S/C19H21N5OS/c1-12-8-10-15(11-9-12)21-18(25)14(3)26-19-23-22-17(24(19)20)16-7-5-4-6-13(16)2/h4-11,14H,20H2,1-3H3,(H,21,25)/t14-/m1/s1. The number of nitrogen functional groups attached to an aromatic ring is 1. The minimum Gasteiger partial charge on any atom is -0.335 e. The van der Waals surface area contributed by atoms with Gasteiger partial charge in [-0.3, -0.25) is 4.79 Å². The lowest BCUT2D eigenvalue weighted by Crippen LogP contribution is -2.23. The van der Waals surface area contributed by atoms with Crippen LogP contribution in [0.1, 0.15) is 18.1 Å². The number of aromatic nitrogens is 3. The highest BCUT2D eigenvalue weighted by molar-refractivity contribution is 8.00. The van der Waals surface area contributed by atoms with Gasteiger partial charge in [0, 0.05) is 11.3 Å². The molecular weight excluding hydrogens is 346 g/mol. The number of amides is 1. The predicted octanol–water partition coefficient (Wildman–Crippen LogP) is 3.40. The second kappa shape index (κ2) is 7.61. The van der Waals surface area contributed by atoms with Crippen LogP contribution in [-0.2, 0) is 4.79 Å². The van der Waals surface area contributed by atoms with E-state index in [1.54, 1.807) is 0 Å². The van der Waals surface area contributed by atoms with Crippen molar-refractivity contribution in [2.24, 2.45) is 0 Å². The number of hydrogen-bond acceptors (Lipinski definition) is 5. The van der Waals surface area contributed by atoms with E-state index in [1.165, 1.54) is 16.4 Å². The first-order chi connectivity index (χ1) is 12.5. The topological polar surface area (TPSA) is 85.8 Å². The van der Waals surface area contributed by atoms with Crippen LogP contribution >= 0.6 is 11.8 Å². The average Bonchev–Trinajstić information content (AvgIpc) is 2.98. The molecule has 1 aromatic heterocycles. The molecule has 6 nitrogen and oxygen atoms in total. The lowest BCUT2D eigenvalue weighted by atomic mass is 10.1. The van der Waals surface area contributed by atoms with Crippen molar-refractivity contribution in [1.82, 2.24) is 14.9 Å². The van der Waals surface area contributed by atoms with E-state index < -0.39 is 0 Å². The van der Waals surface area contributed by atoms with Crippen molar-refractivity contribution in [2.45, 2.75) is 31.2 Å². The Kier molecular flexibility index (Phi) is 5.27. The number of carbonyl (C=O) groups is 1. The molecule has 0 fully saturated rings. The third kappa shape index (κ3) is 3.88. The summed E-state index contributed by atoms with van der Waals surface area (Å²) in [4.78, 5) is 12.4. The summed E-state index contributed by atoms with van der Waals surface area (Å²) in [6, 6.07) is 15.5.